The third kappa shape index (κ3) is 6.57. The van der Waals surface area contributed by atoms with E-state index in [2.05, 4.69) is 17.2 Å². The standard InChI is InChI=1S/C23H25N3O4/c1-23(2,24)20(22(29)26-30)25-21(28)19-13-11-17(12-14-19)6-4-3-5-16-7-9-18(15-27)10-8-16/h3,5,7-14,20,27,30H,15,24H2,1-2H3,(H,25,28)(H,26,29). The quantitative estimate of drug-likeness (QED) is 0.283. The van der Waals surface area contributed by atoms with Crippen molar-refractivity contribution in [2.24, 2.45) is 5.73 Å². The summed E-state index contributed by atoms with van der Waals surface area (Å²) in [6, 6.07) is 12.9. The van der Waals surface area contributed by atoms with Gasteiger partial charge in [0.25, 0.3) is 11.8 Å². The van der Waals surface area contributed by atoms with Gasteiger partial charge in [0.05, 0.1) is 6.61 Å². The van der Waals surface area contributed by atoms with E-state index in [0.717, 1.165) is 16.7 Å². The third-order valence-electron chi connectivity index (χ3n) is 4.28. The normalized spacial score (nSPS) is 12.0. The van der Waals surface area contributed by atoms with Gasteiger partial charge in [-0.05, 0) is 61.4 Å². The summed E-state index contributed by atoms with van der Waals surface area (Å²) in [5.41, 5.74) is 9.22. The number of benzene rings is 2. The Hall–Kier alpha value is -3.44. The molecule has 0 aliphatic heterocycles. The first-order valence-corrected chi connectivity index (χ1v) is 9.26. The molecule has 0 saturated carbocycles. The van der Waals surface area contributed by atoms with Crippen LogP contribution in [0.2, 0.25) is 0 Å². The molecule has 0 aliphatic rings. The van der Waals surface area contributed by atoms with E-state index in [1.807, 2.05) is 30.3 Å². The number of nitrogens with two attached hydrogens (primary N) is 1. The molecule has 2 amide bonds. The predicted octanol–water partition coefficient (Wildman–Crippen LogP) is 1.58. The Morgan fingerprint density at radius 3 is 2.30 bits per heavy atom. The molecular weight excluding hydrogens is 382 g/mol. The number of hydroxylamine groups is 1. The van der Waals surface area contributed by atoms with E-state index in [4.69, 9.17) is 16.0 Å². The molecule has 0 aromatic heterocycles. The summed E-state index contributed by atoms with van der Waals surface area (Å²) in [6.07, 6.45) is 3.58. The minimum Gasteiger partial charge on any atom is -0.392 e. The SMILES string of the molecule is CC(C)(N)C(NC(=O)c1ccc(C#CC=Cc2ccc(CO)cc2)cc1)C(=O)NO. The first kappa shape index (κ1) is 22.8. The smallest absolute Gasteiger partial charge is 0.267 e. The first-order chi connectivity index (χ1) is 14.2. The Kier molecular flexibility index (Phi) is 7.90. The number of hydrogen-bond acceptors (Lipinski definition) is 5. The Labute approximate surface area is 175 Å². The summed E-state index contributed by atoms with van der Waals surface area (Å²) in [7, 11) is 0. The number of aliphatic hydroxyl groups is 1. The second-order valence-corrected chi connectivity index (χ2v) is 7.28. The summed E-state index contributed by atoms with van der Waals surface area (Å²) in [6.45, 7) is 3.15. The van der Waals surface area contributed by atoms with Crippen LogP contribution in [-0.2, 0) is 11.4 Å². The van der Waals surface area contributed by atoms with Crippen molar-refractivity contribution in [2.45, 2.75) is 32.0 Å². The summed E-state index contributed by atoms with van der Waals surface area (Å²) in [5.74, 6) is 4.61. The van der Waals surface area contributed by atoms with E-state index in [0.29, 0.717) is 5.56 Å². The molecule has 0 radical (unpaired) electrons. The van der Waals surface area contributed by atoms with Crippen LogP contribution in [0.3, 0.4) is 0 Å². The average Bonchev–Trinajstić information content (AvgIpc) is 2.74. The Morgan fingerprint density at radius 2 is 1.77 bits per heavy atom. The molecule has 7 nitrogen and oxygen atoms in total. The fraction of sp³-hybridized carbons (Fsp3) is 0.217. The maximum absolute atomic E-state index is 12.4. The minimum absolute atomic E-state index is 0.0110. The van der Waals surface area contributed by atoms with Crippen LogP contribution in [0.15, 0.2) is 54.6 Å². The maximum atomic E-state index is 12.4. The van der Waals surface area contributed by atoms with E-state index >= 15 is 0 Å². The van der Waals surface area contributed by atoms with E-state index in [1.165, 1.54) is 5.48 Å². The van der Waals surface area contributed by atoms with Crippen molar-refractivity contribution in [3.8, 4) is 11.8 Å². The number of carbonyl (C=O) groups is 2. The fourth-order valence-electron chi connectivity index (χ4n) is 2.57. The Bertz CT molecular complexity index is 963. The molecule has 0 spiro atoms. The van der Waals surface area contributed by atoms with Crippen molar-refractivity contribution in [3.05, 3.63) is 76.9 Å². The van der Waals surface area contributed by atoms with E-state index in [-0.39, 0.29) is 6.61 Å². The van der Waals surface area contributed by atoms with Crippen LogP contribution >= 0.6 is 0 Å². The lowest BCUT2D eigenvalue weighted by atomic mass is 9.95. The van der Waals surface area contributed by atoms with Crippen molar-refractivity contribution in [3.63, 3.8) is 0 Å². The molecule has 30 heavy (non-hydrogen) atoms. The highest BCUT2D eigenvalue weighted by Gasteiger charge is 2.33. The molecule has 1 unspecified atom stereocenters. The second-order valence-electron chi connectivity index (χ2n) is 7.28. The molecule has 2 rings (SSSR count). The zero-order valence-corrected chi connectivity index (χ0v) is 16.8. The van der Waals surface area contributed by atoms with Crippen molar-refractivity contribution in [1.29, 1.82) is 0 Å². The van der Waals surface area contributed by atoms with Crippen LogP contribution in [0.25, 0.3) is 6.08 Å². The molecule has 2 aromatic carbocycles. The molecule has 7 heteroatoms. The Morgan fingerprint density at radius 1 is 1.13 bits per heavy atom. The number of rotatable bonds is 6. The van der Waals surface area contributed by atoms with E-state index in [1.54, 1.807) is 44.2 Å². The van der Waals surface area contributed by atoms with E-state index in [9.17, 15) is 9.59 Å². The number of aliphatic hydroxyl groups excluding tert-OH is 1. The van der Waals surface area contributed by atoms with Gasteiger partial charge in [-0.3, -0.25) is 14.8 Å². The van der Waals surface area contributed by atoms with E-state index < -0.39 is 23.4 Å². The van der Waals surface area contributed by atoms with Gasteiger partial charge in [0.1, 0.15) is 6.04 Å². The van der Waals surface area contributed by atoms with Crippen LogP contribution in [0.4, 0.5) is 0 Å². The zero-order valence-electron chi connectivity index (χ0n) is 16.8. The van der Waals surface area contributed by atoms with Gasteiger partial charge in [-0.25, -0.2) is 5.48 Å². The highest BCUT2D eigenvalue weighted by molar-refractivity contribution is 5.97. The number of allylic oxidation sites excluding steroid dienone is 1. The number of nitrogens with one attached hydrogen (secondary N) is 2. The second kappa shape index (κ2) is 10.4. The molecular formula is C23H25N3O4. The Balaban J connectivity index is 2.02. The van der Waals surface area contributed by atoms with Gasteiger partial charge >= 0.3 is 0 Å². The lowest BCUT2D eigenvalue weighted by molar-refractivity contribution is -0.132. The lowest BCUT2D eigenvalue weighted by Gasteiger charge is -2.29. The maximum Gasteiger partial charge on any atom is 0.267 e. The summed E-state index contributed by atoms with van der Waals surface area (Å²) in [5, 5.41) is 20.4. The van der Waals surface area contributed by atoms with Gasteiger partial charge in [0, 0.05) is 16.7 Å². The largest absolute Gasteiger partial charge is 0.392 e. The van der Waals surface area contributed by atoms with Gasteiger partial charge in [-0.15, -0.1) is 0 Å². The molecule has 0 fully saturated rings. The molecule has 0 saturated heterocycles. The first-order valence-electron chi connectivity index (χ1n) is 9.26. The van der Waals surface area contributed by atoms with Gasteiger partial charge in [0.15, 0.2) is 0 Å². The van der Waals surface area contributed by atoms with Gasteiger partial charge in [-0.1, -0.05) is 36.1 Å². The monoisotopic (exact) mass is 407 g/mol. The van der Waals surface area contributed by atoms with Crippen LogP contribution in [0.1, 0.15) is 40.9 Å². The van der Waals surface area contributed by atoms with Crippen molar-refractivity contribution in [1.82, 2.24) is 10.8 Å². The van der Waals surface area contributed by atoms with Gasteiger partial charge in [0.2, 0.25) is 0 Å². The summed E-state index contributed by atoms with van der Waals surface area (Å²) < 4.78 is 0. The highest BCUT2D eigenvalue weighted by atomic mass is 16.5. The molecule has 1 atom stereocenters. The molecule has 6 N–H and O–H groups in total. The average molecular weight is 407 g/mol. The fourth-order valence-corrected chi connectivity index (χ4v) is 2.57. The predicted molar refractivity (Wildman–Crippen MR) is 114 cm³/mol. The summed E-state index contributed by atoms with van der Waals surface area (Å²) in [4.78, 5) is 24.2. The summed E-state index contributed by atoms with van der Waals surface area (Å²) >= 11 is 0. The van der Waals surface area contributed by atoms with Crippen molar-refractivity contribution in [2.75, 3.05) is 0 Å². The molecule has 0 bridgehead atoms. The van der Waals surface area contributed by atoms with Crippen LogP contribution < -0.4 is 16.5 Å². The number of hydrogen-bond donors (Lipinski definition) is 5. The topological polar surface area (TPSA) is 125 Å². The number of carbonyl (C=O) groups excluding carboxylic acids is 2. The number of amides is 2. The van der Waals surface area contributed by atoms with Crippen LogP contribution in [-0.4, -0.2) is 33.7 Å². The van der Waals surface area contributed by atoms with Crippen LogP contribution in [0, 0.1) is 11.8 Å². The van der Waals surface area contributed by atoms with Crippen LogP contribution in [0.5, 0.6) is 0 Å². The minimum atomic E-state index is -1.11. The highest BCUT2D eigenvalue weighted by Crippen LogP contribution is 2.09. The molecule has 2 aromatic rings. The van der Waals surface area contributed by atoms with Crippen molar-refractivity contribution >= 4 is 17.9 Å². The van der Waals surface area contributed by atoms with Gasteiger partial charge < -0.3 is 16.2 Å². The third-order valence-corrected chi connectivity index (χ3v) is 4.28. The van der Waals surface area contributed by atoms with Gasteiger partial charge in [-0.2, -0.15) is 0 Å². The molecule has 0 aliphatic carbocycles. The molecule has 156 valence electrons. The molecule has 0 heterocycles. The van der Waals surface area contributed by atoms with Crippen molar-refractivity contribution < 1.29 is 19.9 Å². The lowest BCUT2D eigenvalue weighted by Crippen LogP contribution is -2.61. The zero-order chi connectivity index (χ0) is 22.1.